The maximum atomic E-state index is 13.2. The number of hydrogen-bond donors (Lipinski definition) is 2. The zero-order chi connectivity index (χ0) is 21.1. The molecule has 2 aliphatic carbocycles. The minimum absolute atomic E-state index is 0.0858. The number of non-ortho nitro benzene ring substituents is 1. The van der Waals surface area contributed by atoms with E-state index in [1.807, 2.05) is 12.2 Å². The van der Waals surface area contributed by atoms with Crippen LogP contribution in [0.25, 0.3) is 11.0 Å². The molecule has 30 heavy (non-hydrogen) atoms. The Morgan fingerprint density at radius 2 is 1.90 bits per heavy atom. The van der Waals surface area contributed by atoms with Gasteiger partial charge in [-0.3, -0.25) is 10.1 Å². The van der Waals surface area contributed by atoms with Crippen LogP contribution in [0.1, 0.15) is 12.8 Å². The number of hydrogen-bond acceptors (Lipinski definition) is 7. The lowest BCUT2D eigenvalue weighted by molar-refractivity contribution is -0.384. The molecule has 1 heterocycles. The minimum atomic E-state index is -0.535. The number of allylic oxidation sites excluding steroid dienone is 7. The normalized spacial score (nSPS) is 15.1. The summed E-state index contributed by atoms with van der Waals surface area (Å²) in [7, 11) is 1.63. The van der Waals surface area contributed by atoms with E-state index < -0.39 is 10.8 Å². The first-order chi connectivity index (χ1) is 14.5. The second-order valence-corrected chi connectivity index (χ2v) is 6.47. The first-order valence-corrected chi connectivity index (χ1v) is 9.05. The molecule has 4 rings (SSSR count). The Morgan fingerprint density at radius 1 is 1.10 bits per heavy atom. The van der Waals surface area contributed by atoms with Crippen LogP contribution in [-0.4, -0.2) is 22.0 Å². The summed E-state index contributed by atoms with van der Waals surface area (Å²) in [5, 5.41) is 17.4. The van der Waals surface area contributed by atoms with E-state index in [2.05, 4.69) is 32.1 Å². The van der Waals surface area contributed by atoms with Crippen LogP contribution in [0, 0.1) is 10.1 Å². The topological polar surface area (TPSA) is 102 Å². The lowest BCUT2D eigenvalue weighted by Crippen LogP contribution is -2.10. The summed E-state index contributed by atoms with van der Waals surface area (Å²) < 4.78 is 18.4. The van der Waals surface area contributed by atoms with Crippen molar-refractivity contribution in [3.63, 3.8) is 0 Å². The van der Waals surface area contributed by atoms with Crippen molar-refractivity contribution in [2.75, 3.05) is 17.7 Å². The number of anilines is 2. The Labute approximate surface area is 170 Å². The number of rotatable bonds is 6. The third-order valence-corrected chi connectivity index (χ3v) is 4.48. The van der Waals surface area contributed by atoms with Gasteiger partial charge in [0.2, 0.25) is 0 Å². The fourth-order valence-electron chi connectivity index (χ4n) is 2.94. The SMILES string of the molecule is COC1=CC=C(Nc2nc3ccc([N+](=O)[O-])cc3nc2NC2=C=C=C(F)C=C2)CC1. The van der Waals surface area contributed by atoms with Crippen molar-refractivity contribution in [1.82, 2.24) is 9.97 Å². The average molecular weight is 405 g/mol. The highest BCUT2D eigenvalue weighted by molar-refractivity contribution is 5.83. The van der Waals surface area contributed by atoms with Crippen LogP contribution in [0.4, 0.5) is 21.7 Å². The molecule has 0 saturated heterocycles. The van der Waals surface area contributed by atoms with Crippen LogP contribution in [-0.2, 0) is 4.74 Å². The molecule has 2 aromatic rings. The molecule has 8 nitrogen and oxygen atoms in total. The van der Waals surface area contributed by atoms with E-state index >= 15 is 0 Å². The number of methoxy groups -OCH3 is 1. The van der Waals surface area contributed by atoms with Crippen molar-refractivity contribution in [3.8, 4) is 0 Å². The van der Waals surface area contributed by atoms with E-state index in [0.29, 0.717) is 28.4 Å². The Hall–Kier alpha value is -4.19. The van der Waals surface area contributed by atoms with Crippen molar-refractivity contribution in [1.29, 1.82) is 0 Å². The van der Waals surface area contributed by atoms with Gasteiger partial charge in [-0.05, 0) is 48.3 Å². The molecule has 150 valence electrons. The van der Waals surface area contributed by atoms with Gasteiger partial charge in [-0.1, -0.05) is 0 Å². The smallest absolute Gasteiger partial charge is 0.271 e. The molecule has 0 radical (unpaired) electrons. The largest absolute Gasteiger partial charge is 0.501 e. The molecule has 1 aromatic heterocycles. The minimum Gasteiger partial charge on any atom is -0.501 e. The van der Waals surface area contributed by atoms with Gasteiger partial charge in [0.1, 0.15) is 0 Å². The Kier molecular flexibility index (Phi) is 5.13. The molecule has 0 amide bonds. The molecule has 0 spiro atoms. The molecule has 0 unspecified atom stereocenters. The maximum absolute atomic E-state index is 13.2. The fraction of sp³-hybridized carbons (Fsp3) is 0.143. The summed E-state index contributed by atoms with van der Waals surface area (Å²) in [6, 6.07) is 4.28. The highest BCUT2D eigenvalue weighted by Gasteiger charge is 2.16. The highest BCUT2D eigenvalue weighted by Crippen LogP contribution is 2.28. The van der Waals surface area contributed by atoms with E-state index in [1.165, 1.54) is 24.3 Å². The second kappa shape index (κ2) is 8.05. The summed E-state index contributed by atoms with van der Waals surface area (Å²) in [4.78, 5) is 19.7. The quantitative estimate of drug-likeness (QED) is 0.410. The monoisotopic (exact) mass is 405 g/mol. The number of nitrogens with zero attached hydrogens (tertiary/aromatic N) is 3. The summed E-state index contributed by atoms with van der Waals surface area (Å²) in [5.74, 6) is 1.09. The van der Waals surface area contributed by atoms with Crippen molar-refractivity contribution in [2.24, 2.45) is 0 Å². The summed E-state index contributed by atoms with van der Waals surface area (Å²) in [6.07, 6.45) is 7.96. The van der Waals surface area contributed by atoms with Gasteiger partial charge in [0.15, 0.2) is 17.5 Å². The van der Waals surface area contributed by atoms with Gasteiger partial charge in [0.05, 0.1) is 34.5 Å². The van der Waals surface area contributed by atoms with Gasteiger partial charge < -0.3 is 15.4 Å². The van der Waals surface area contributed by atoms with Crippen molar-refractivity contribution in [3.05, 3.63) is 87.1 Å². The third kappa shape index (κ3) is 4.12. The van der Waals surface area contributed by atoms with Crippen LogP contribution >= 0.6 is 0 Å². The molecule has 0 saturated carbocycles. The molecule has 9 heteroatoms. The molecule has 1 aromatic carbocycles. The number of aromatic nitrogens is 2. The van der Waals surface area contributed by atoms with E-state index in [-0.39, 0.29) is 5.69 Å². The third-order valence-electron chi connectivity index (χ3n) is 4.48. The molecule has 0 atom stereocenters. The van der Waals surface area contributed by atoms with Gasteiger partial charge in [-0.15, -0.1) is 0 Å². The zero-order valence-corrected chi connectivity index (χ0v) is 15.9. The van der Waals surface area contributed by atoms with Gasteiger partial charge in [0.25, 0.3) is 5.69 Å². The fourth-order valence-corrected chi connectivity index (χ4v) is 2.94. The number of ether oxygens (including phenoxy) is 1. The first-order valence-electron chi connectivity index (χ1n) is 9.05. The molecule has 2 N–H and O–H groups in total. The van der Waals surface area contributed by atoms with Crippen LogP contribution in [0.15, 0.2) is 76.9 Å². The maximum Gasteiger partial charge on any atom is 0.271 e. The number of nitro benzene ring substituents is 1. The lowest BCUT2D eigenvalue weighted by atomic mass is 10.1. The van der Waals surface area contributed by atoms with E-state index in [0.717, 1.165) is 24.3 Å². The predicted octanol–water partition coefficient (Wildman–Crippen LogP) is 4.63. The molecule has 0 aliphatic heterocycles. The van der Waals surface area contributed by atoms with Crippen molar-refractivity contribution in [2.45, 2.75) is 12.8 Å². The molecule has 2 aliphatic rings. The average Bonchev–Trinajstić information content (AvgIpc) is 2.76. The van der Waals surface area contributed by atoms with Crippen LogP contribution < -0.4 is 10.6 Å². The van der Waals surface area contributed by atoms with Crippen LogP contribution in [0.3, 0.4) is 0 Å². The van der Waals surface area contributed by atoms with Gasteiger partial charge in [-0.2, -0.15) is 4.39 Å². The Morgan fingerprint density at radius 3 is 2.57 bits per heavy atom. The molecular weight excluding hydrogens is 389 g/mol. The number of nitro groups is 1. The summed E-state index contributed by atoms with van der Waals surface area (Å²) in [6.45, 7) is 0. The van der Waals surface area contributed by atoms with Gasteiger partial charge in [-0.25, -0.2) is 9.97 Å². The standard InChI is InChI=1S/C21H16FN5O3/c1-30-17-9-6-15(7-10-17)24-20-21(23-14-4-2-13(22)3-5-14)26-19-12-16(27(28)29)8-11-18(19)25-20/h2,4,6,8-9,11-12H,7,10H2,1H3,(H,23,26)(H,24,25). The van der Waals surface area contributed by atoms with E-state index in [1.54, 1.807) is 13.2 Å². The van der Waals surface area contributed by atoms with Crippen LogP contribution in [0.2, 0.25) is 0 Å². The molecule has 0 bridgehead atoms. The van der Waals surface area contributed by atoms with Gasteiger partial charge >= 0.3 is 0 Å². The number of fused-ring (bicyclic) bond motifs is 1. The van der Waals surface area contributed by atoms with E-state index in [4.69, 9.17) is 4.74 Å². The molecular formula is C21H16FN5O3. The second-order valence-electron chi connectivity index (χ2n) is 6.47. The Bertz CT molecular complexity index is 1250. The van der Waals surface area contributed by atoms with Crippen molar-refractivity contribution >= 4 is 28.4 Å². The van der Waals surface area contributed by atoms with Gasteiger partial charge in [0, 0.05) is 24.3 Å². The summed E-state index contributed by atoms with van der Waals surface area (Å²) in [5.41, 5.74) is 7.09. The Balaban J connectivity index is 1.76. The highest BCUT2D eigenvalue weighted by atomic mass is 19.1. The number of nitrogens with one attached hydrogen (secondary N) is 2. The van der Waals surface area contributed by atoms with Crippen molar-refractivity contribution < 1.29 is 14.1 Å². The first kappa shape index (κ1) is 19.1. The van der Waals surface area contributed by atoms with E-state index in [9.17, 15) is 14.5 Å². The lowest BCUT2D eigenvalue weighted by Gasteiger charge is -2.18. The predicted molar refractivity (Wildman–Crippen MR) is 110 cm³/mol. The molecule has 0 fully saturated rings. The zero-order valence-electron chi connectivity index (χ0n) is 15.9. The summed E-state index contributed by atoms with van der Waals surface area (Å²) >= 11 is 0. The number of halogens is 1. The van der Waals surface area contributed by atoms with Crippen LogP contribution in [0.5, 0.6) is 0 Å². The number of benzene rings is 1.